The number of hydrogen-bond acceptors (Lipinski definition) is 5. The van der Waals surface area contributed by atoms with Gasteiger partial charge >= 0.3 is 0 Å². The number of amides is 2. The topological polar surface area (TPSA) is 123 Å². The fourth-order valence-electron chi connectivity index (χ4n) is 2.80. The molecule has 2 aromatic rings. The van der Waals surface area contributed by atoms with Crippen molar-refractivity contribution < 1.29 is 22.4 Å². The summed E-state index contributed by atoms with van der Waals surface area (Å²) < 4.78 is 31.8. The first-order valence-electron chi connectivity index (χ1n) is 8.30. The van der Waals surface area contributed by atoms with Crippen LogP contribution in [-0.2, 0) is 10.0 Å². The molecule has 3 N–H and O–H groups in total. The van der Waals surface area contributed by atoms with Crippen LogP contribution in [0.2, 0.25) is 5.02 Å². The SMILES string of the molecule is NC(=O)c1ccc(NC(=O)c2ccc(S(=O)(=O)N3CCCCC3)o2)cc1Cl. The van der Waals surface area contributed by atoms with Crippen molar-refractivity contribution in [3.05, 3.63) is 46.7 Å². The molecule has 1 aliphatic rings. The number of halogens is 1. The third-order valence-electron chi connectivity index (χ3n) is 4.21. The van der Waals surface area contributed by atoms with Gasteiger partial charge in [-0.05, 0) is 43.2 Å². The lowest BCUT2D eigenvalue weighted by Crippen LogP contribution is -2.35. The van der Waals surface area contributed by atoms with Gasteiger partial charge in [-0.1, -0.05) is 18.0 Å². The van der Waals surface area contributed by atoms with Gasteiger partial charge in [-0.15, -0.1) is 0 Å². The molecule has 0 atom stereocenters. The molecule has 1 saturated heterocycles. The van der Waals surface area contributed by atoms with Gasteiger partial charge in [-0.2, -0.15) is 4.31 Å². The minimum Gasteiger partial charge on any atom is -0.438 e. The van der Waals surface area contributed by atoms with Gasteiger partial charge in [0.1, 0.15) is 0 Å². The van der Waals surface area contributed by atoms with Gasteiger partial charge in [0.2, 0.25) is 11.0 Å². The Balaban J connectivity index is 1.75. The maximum absolute atomic E-state index is 12.6. The van der Waals surface area contributed by atoms with Crippen LogP contribution in [0.5, 0.6) is 0 Å². The standard InChI is InChI=1S/C17H18ClN3O5S/c18-13-10-11(4-5-12(13)16(19)22)20-17(23)14-6-7-15(26-14)27(24,25)21-8-2-1-3-9-21/h4-7,10H,1-3,8-9H2,(H2,19,22)(H,20,23). The Bertz CT molecular complexity index is 980. The van der Waals surface area contributed by atoms with Crippen LogP contribution in [0, 0.1) is 0 Å². The van der Waals surface area contributed by atoms with Crippen molar-refractivity contribution in [3.63, 3.8) is 0 Å². The monoisotopic (exact) mass is 411 g/mol. The number of primary amides is 1. The Morgan fingerprint density at radius 1 is 1.11 bits per heavy atom. The van der Waals surface area contributed by atoms with E-state index in [2.05, 4.69) is 5.32 Å². The third-order valence-corrected chi connectivity index (χ3v) is 6.29. The highest BCUT2D eigenvalue weighted by Gasteiger charge is 2.29. The minimum absolute atomic E-state index is 0.0908. The van der Waals surface area contributed by atoms with E-state index in [-0.39, 0.29) is 21.4 Å². The van der Waals surface area contributed by atoms with E-state index in [0.29, 0.717) is 18.8 Å². The van der Waals surface area contributed by atoms with E-state index < -0.39 is 21.8 Å². The highest BCUT2D eigenvalue weighted by molar-refractivity contribution is 7.89. The molecule has 1 aliphatic heterocycles. The molecule has 144 valence electrons. The number of carbonyl (C=O) groups is 2. The number of piperidine rings is 1. The molecule has 2 heterocycles. The lowest BCUT2D eigenvalue weighted by molar-refractivity contribution is 0.0987. The number of sulfonamides is 1. The van der Waals surface area contributed by atoms with Crippen LogP contribution in [0.4, 0.5) is 5.69 Å². The number of anilines is 1. The van der Waals surface area contributed by atoms with Crippen molar-refractivity contribution in [2.45, 2.75) is 24.4 Å². The highest BCUT2D eigenvalue weighted by atomic mass is 35.5. The molecule has 1 fully saturated rings. The van der Waals surface area contributed by atoms with E-state index >= 15 is 0 Å². The predicted molar refractivity (Wildman–Crippen MR) is 99.2 cm³/mol. The number of nitrogens with one attached hydrogen (secondary N) is 1. The third kappa shape index (κ3) is 4.15. The van der Waals surface area contributed by atoms with Gasteiger partial charge in [0, 0.05) is 18.8 Å². The number of hydrogen-bond donors (Lipinski definition) is 2. The zero-order chi connectivity index (χ0) is 19.6. The van der Waals surface area contributed by atoms with Crippen LogP contribution in [0.15, 0.2) is 39.8 Å². The number of furan rings is 1. The maximum Gasteiger partial charge on any atom is 0.291 e. The molecule has 1 aromatic carbocycles. The van der Waals surface area contributed by atoms with E-state index in [1.165, 1.54) is 34.6 Å². The molecular formula is C17H18ClN3O5S. The van der Waals surface area contributed by atoms with E-state index in [4.69, 9.17) is 21.8 Å². The second-order valence-corrected chi connectivity index (χ2v) is 8.37. The summed E-state index contributed by atoms with van der Waals surface area (Å²) in [5.74, 6) is -1.48. The number of rotatable bonds is 5. The van der Waals surface area contributed by atoms with Crippen LogP contribution in [0.1, 0.15) is 40.2 Å². The van der Waals surface area contributed by atoms with Crippen LogP contribution in [-0.4, -0.2) is 37.6 Å². The molecule has 27 heavy (non-hydrogen) atoms. The summed E-state index contributed by atoms with van der Waals surface area (Å²) in [6, 6.07) is 6.77. The van der Waals surface area contributed by atoms with Crippen molar-refractivity contribution in [3.8, 4) is 0 Å². The molecule has 0 unspecified atom stereocenters. The summed E-state index contributed by atoms with van der Waals surface area (Å²) in [6.45, 7) is 0.880. The lowest BCUT2D eigenvalue weighted by Gasteiger charge is -2.24. The maximum atomic E-state index is 12.6. The first kappa shape index (κ1) is 19.4. The smallest absolute Gasteiger partial charge is 0.291 e. The fourth-order valence-corrected chi connectivity index (χ4v) is 4.50. The highest BCUT2D eigenvalue weighted by Crippen LogP contribution is 2.24. The van der Waals surface area contributed by atoms with Gasteiger partial charge < -0.3 is 15.5 Å². The Labute approximate surface area is 161 Å². The van der Waals surface area contributed by atoms with Gasteiger partial charge in [-0.25, -0.2) is 8.42 Å². The molecule has 2 amide bonds. The van der Waals surface area contributed by atoms with E-state index in [0.717, 1.165) is 19.3 Å². The van der Waals surface area contributed by atoms with Crippen molar-refractivity contribution in [2.75, 3.05) is 18.4 Å². The van der Waals surface area contributed by atoms with Crippen molar-refractivity contribution in [1.29, 1.82) is 0 Å². The quantitative estimate of drug-likeness (QED) is 0.782. The zero-order valence-corrected chi connectivity index (χ0v) is 15.8. The van der Waals surface area contributed by atoms with Gasteiger partial charge in [0.25, 0.3) is 15.9 Å². The molecule has 8 nitrogen and oxygen atoms in total. The number of nitrogens with zero attached hydrogens (tertiary/aromatic N) is 1. The van der Waals surface area contributed by atoms with E-state index in [1.807, 2.05) is 0 Å². The number of nitrogens with two attached hydrogens (primary N) is 1. The summed E-state index contributed by atoms with van der Waals surface area (Å²) in [7, 11) is -3.76. The second-order valence-electron chi connectivity index (χ2n) is 6.10. The molecule has 0 bridgehead atoms. The fraction of sp³-hybridized carbons (Fsp3) is 0.294. The molecule has 0 saturated carbocycles. The molecule has 1 aromatic heterocycles. The van der Waals surface area contributed by atoms with Gasteiger partial charge in [0.15, 0.2) is 5.76 Å². The van der Waals surface area contributed by atoms with Crippen LogP contribution >= 0.6 is 11.6 Å². The van der Waals surface area contributed by atoms with Crippen molar-refractivity contribution in [2.24, 2.45) is 5.73 Å². The Kier molecular flexibility index (Phi) is 5.54. The average molecular weight is 412 g/mol. The van der Waals surface area contributed by atoms with E-state index in [9.17, 15) is 18.0 Å². The Hall–Kier alpha value is -2.36. The largest absolute Gasteiger partial charge is 0.438 e. The molecule has 0 spiro atoms. The first-order valence-corrected chi connectivity index (χ1v) is 10.1. The van der Waals surface area contributed by atoms with Crippen LogP contribution in [0.3, 0.4) is 0 Å². The van der Waals surface area contributed by atoms with Gasteiger partial charge in [0.05, 0.1) is 10.6 Å². The summed E-state index contributed by atoms with van der Waals surface area (Å²) in [4.78, 5) is 23.5. The summed E-state index contributed by atoms with van der Waals surface area (Å²) in [5.41, 5.74) is 5.61. The second kappa shape index (κ2) is 7.71. The summed E-state index contributed by atoms with van der Waals surface area (Å²) >= 11 is 5.94. The van der Waals surface area contributed by atoms with Gasteiger partial charge in [-0.3, -0.25) is 9.59 Å². The zero-order valence-electron chi connectivity index (χ0n) is 14.3. The first-order chi connectivity index (χ1) is 12.8. The van der Waals surface area contributed by atoms with E-state index in [1.54, 1.807) is 0 Å². The lowest BCUT2D eigenvalue weighted by atomic mass is 10.2. The Morgan fingerprint density at radius 2 is 1.81 bits per heavy atom. The molecule has 0 radical (unpaired) electrons. The minimum atomic E-state index is -3.76. The molecule has 10 heteroatoms. The average Bonchev–Trinajstić information content (AvgIpc) is 3.13. The van der Waals surface area contributed by atoms with Crippen LogP contribution in [0.25, 0.3) is 0 Å². The Morgan fingerprint density at radius 3 is 2.44 bits per heavy atom. The molecular weight excluding hydrogens is 394 g/mol. The molecule has 3 rings (SSSR count). The van der Waals surface area contributed by atoms with Crippen LogP contribution < -0.4 is 11.1 Å². The predicted octanol–water partition coefficient (Wildman–Crippen LogP) is 2.46. The molecule has 0 aliphatic carbocycles. The summed E-state index contributed by atoms with van der Waals surface area (Å²) in [5, 5.41) is 2.36. The summed E-state index contributed by atoms with van der Waals surface area (Å²) in [6.07, 6.45) is 2.60. The van der Waals surface area contributed by atoms with Crippen molar-refractivity contribution in [1.82, 2.24) is 4.31 Å². The normalized spacial score (nSPS) is 15.4. The number of benzene rings is 1. The number of carbonyl (C=O) groups excluding carboxylic acids is 2. The van der Waals surface area contributed by atoms with Crippen molar-refractivity contribution >= 4 is 39.1 Å².